The van der Waals surface area contributed by atoms with Crippen LogP contribution in [0.5, 0.6) is 0 Å². The molecule has 1 unspecified atom stereocenters. The SMILES string of the molecule is NCC(O)CNc1ccc(N2CCOCC2=O)cc1. The molecule has 0 saturated carbocycles. The average Bonchev–Trinajstić information content (AvgIpc) is 2.46. The van der Waals surface area contributed by atoms with E-state index in [0.717, 1.165) is 11.4 Å². The predicted octanol–water partition coefficient (Wildman–Crippen LogP) is -0.219. The smallest absolute Gasteiger partial charge is 0.253 e. The van der Waals surface area contributed by atoms with Crippen molar-refractivity contribution in [1.29, 1.82) is 0 Å². The Hall–Kier alpha value is -1.63. The molecule has 0 spiro atoms. The first-order valence-electron chi connectivity index (χ1n) is 6.31. The number of carbonyl (C=O) groups excluding carboxylic acids is 1. The Labute approximate surface area is 112 Å². The molecule has 1 aromatic carbocycles. The van der Waals surface area contributed by atoms with Crippen LogP contribution in [0.1, 0.15) is 0 Å². The number of amides is 1. The van der Waals surface area contributed by atoms with Crippen LogP contribution in [-0.4, -0.2) is 50.0 Å². The van der Waals surface area contributed by atoms with Crippen LogP contribution in [0.3, 0.4) is 0 Å². The monoisotopic (exact) mass is 265 g/mol. The maximum absolute atomic E-state index is 11.7. The summed E-state index contributed by atoms with van der Waals surface area (Å²) in [6.45, 7) is 1.92. The van der Waals surface area contributed by atoms with Gasteiger partial charge in [0.2, 0.25) is 0 Å². The van der Waals surface area contributed by atoms with Gasteiger partial charge in [0.25, 0.3) is 5.91 Å². The maximum atomic E-state index is 11.7. The molecule has 0 bridgehead atoms. The van der Waals surface area contributed by atoms with Gasteiger partial charge in [-0.25, -0.2) is 0 Å². The number of nitrogens with zero attached hydrogens (tertiary/aromatic N) is 1. The van der Waals surface area contributed by atoms with Gasteiger partial charge in [-0.05, 0) is 24.3 Å². The van der Waals surface area contributed by atoms with Crippen molar-refractivity contribution in [3.05, 3.63) is 24.3 Å². The molecule has 0 aliphatic carbocycles. The van der Waals surface area contributed by atoms with Crippen molar-refractivity contribution in [2.45, 2.75) is 6.10 Å². The van der Waals surface area contributed by atoms with Gasteiger partial charge in [0.05, 0.1) is 12.7 Å². The summed E-state index contributed by atoms with van der Waals surface area (Å²) in [6, 6.07) is 7.50. The summed E-state index contributed by atoms with van der Waals surface area (Å²) in [7, 11) is 0. The summed E-state index contributed by atoms with van der Waals surface area (Å²) in [4.78, 5) is 13.4. The van der Waals surface area contributed by atoms with Crippen molar-refractivity contribution in [3.8, 4) is 0 Å². The van der Waals surface area contributed by atoms with Crippen molar-refractivity contribution in [2.24, 2.45) is 5.73 Å². The fourth-order valence-electron chi connectivity index (χ4n) is 1.87. The Kier molecular flexibility index (Phi) is 4.73. The van der Waals surface area contributed by atoms with Crippen LogP contribution < -0.4 is 16.0 Å². The summed E-state index contributed by atoms with van der Waals surface area (Å²) in [5.74, 6) is -0.0227. The van der Waals surface area contributed by atoms with E-state index in [1.165, 1.54) is 0 Å². The van der Waals surface area contributed by atoms with Gasteiger partial charge in [-0.1, -0.05) is 0 Å². The van der Waals surface area contributed by atoms with Crippen molar-refractivity contribution >= 4 is 17.3 Å². The molecular weight excluding hydrogens is 246 g/mol. The average molecular weight is 265 g/mol. The Morgan fingerprint density at radius 1 is 1.42 bits per heavy atom. The number of hydrogen-bond acceptors (Lipinski definition) is 5. The zero-order valence-electron chi connectivity index (χ0n) is 10.7. The lowest BCUT2D eigenvalue weighted by Gasteiger charge is -2.27. The second-order valence-electron chi connectivity index (χ2n) is 4.42. The lowest BCUT2D eigenvalue weighted by molar-refractivity contribution is -0.125. The normalized spacial score (nSPS) is 17.4. The number of carbonyl (C=O) groups is 1. The minimum absolute atomic E-state index is 0.0227. The molecule has 1 heterocycles. The van der Waals surface area contributed by atoms with E-state index in [2.05, 4.69) is 5.32 Å². The van der Waals surface area contributed by atoms with Crippen LogP contribution in [-0.2, 0) is 9.53 Å². The Bertz CT molecular complexity index is 422. The van der Waals surface area contributed by atoms with E-state index >= 15 is 0 Å². The molecule has 1 saturated heterocycles. The molecule has 1 aromatic rings. The van der Waals surface area contributed by atoms with E-state index < -0.39 is 6.10 Å². The zero-order chi connectivity index (χ0) is 13.7. The standard InChI is InChI=1S/C13H19N3O3/c14-7-12(17)8-15-10-1-3-11(4-2-10)16-5-6-19-9-13(16)18/h1-4,12,15,17H,5-9,14H2. The highest BCUT2D eigenvalue weighted by molar-refractivity contribution is 5.94. The molecule has 1 aliphatic rings. The molecule has 1 fully saturated rings. The van der Waals surface area contributed by atoms with E-state index in [-0.39, 0.29) is 19.1 Å². The fraction of sp³-hybridized carbons (Fsp3) is 0.462. The van der Waals surface area contributed by atoms with Gasteiger partial charge in [0.15, 0.2) is 0 Å². The van der Waals surface area contributed by atoms with Crippen molar-refractivity contribution < 1.29 is 14.6 Å². The molecule has 4 N–H and O–H groups in total. The van der Waals surface area contributed by atoms with Gasteiger partial charge in [-0.15, -0.1) is 0 Å². The lowest BCUT2D eigenvalue weighted by atomic mass is 10.2. The summed E-state index contributed by atoms with van der Waals surface area (Å²) in [6.07, 6.45) is -0.555. The molecule has 1 aliphatic heterocycles. The maximum Gasteiger partial charge on any atom is 0.253 e. The van der Waals surface area contributed by atoms with Gasteiger partial charge in [0.1, 0.15) is 6.61 Å². The number of ether oxygens (including phenoxy) is 1. The minimum atomic E-state index is -0.555. The molecule has 0 aromatic heterocycles. The van der Waals surface area contributed by atoms with Gasteiger partial charge in [0, 0.05) is 31.0 Å². The van der Waals surface area contributed by atoms with Crippen molar-refractivity contribution in [1.82, 2.24) is 0 Å². The predicted molar refractivity (Wildman–Crippen MR) is 73.2 cm³/mol. The summed E-state index contributed by atoms with van der Waals surface area (Å²) in [5.41, 5.74) is 7.07. The number of morpholine rings is 1. The first-order chi connectivity index (χ1) is 9.20. The van der Waals surface area contributed by atoms with Crippen LogP contribution in [0.25, 0.3) is 0 Å². The molecule has 1 atom stereocenters. The first-order valence-corrected chi connectivity index (χ1v) is 6.31. The van der Waals surface area contributed by atoms with Gasteiger partial charge in [-0.2, -0.15) is 0 Å². The van der Waals surface area contributed by atoms with Crippen LogP contribution in [0.15, 0.2) is 24.3 Å². The third-order valence-electron chi connectivity index (χ3n) is 2.98. The summed E-state index contributed by atoms with van der Waals surface area (Å²) in [5, 5.41) is 12.4. The highest BCUT2D eigenvalue weighted by atomic mass is 16.5. The van der Waals surface area contributed by atoms with E-state index in [1.807, 2.05) is 24.3 Å². The highest BCUT2D eigenvalue weighted by Gasteiger charge is 2.19. The Balaban J connectivity index is 1.95. The number of benzene rings is 1. The molecule has 19 heavy (non-hydrogen) atoms. The van der Waals surface area contributed by atoms with Gasteiger partial charge < -0.3 is 25.8 Å². The van der Waals surface area contributed by atoms with Crippen LogP contribution in [0.4, 0.5) is 11.4 Å². The number of nitrogens with one attached hydrogen (secondary N) is 1. The Morgan fingerprint density at radius 2 is 2.16 bits per heavy atom. The quantitative estimate of drug-likeness (QED) is 0.685. The van der Waals surface area contributed by atoms with Gasteiger partial charge >= 0.3 is 0 Å². The number of aliphatic hydroxyl groups is 1. The number of aliphatic hydroxyl groups excluding tert-OH is 1. The molecular formula is C13H19N3O3. The van der Waals surface area contributed by atoms with E-state index in [4.69, 9.17) is 10.5 Å². The second kappa shape index (κ2) is 6.51. The molecule has 0 radical (unpaired) electrons. The second-order valence-corrected chi connectivity index (χ2v) is 4.42. The molecule has 6 nitrogen and oxygen atoms in total. The largest absolute Gasteiger partial charge is 0.390 e. The van der Waals surface area contributed by atoms with E-state index in [0.29, 0.717) is 19.7 Å². The topological polar surface area (TPSA) is 87.8 Å². The molecule has 2 rings (SSSR count). The molecule has 1 amide bonds. The van der Waals surface area contributed by atoms with E-state index in [1.54, 1.807) is 4.90 Å². The van der Waals surface area contributed by atoms with Crippen LogP contribution in [0, 0.1) is 0 Å². The molecule has 6 heteroatoms. The van der Waals surface area contributed by atoms with Gasteiger partial charge in [-0.3, -0.25) is 4.79 Å². The summed E-state index contributed by atoms with van der Waals surface area (Å²) < 4.78 is 5.09. The lowest BCUT2D eigenvalue weighted by Crippen LogP contribution is -2.41. The number of nitrogens with two attached hydrogens (primary N) is 1. The number of hydrogen-bond donors (Lipinski definition) is 3. The van der Waals surface area contributed by atoms with E-state index in [9.17, 15) is 9.90 Å². The first kappa shape index (κ1) is 13.8. The zero-order valence-corrected chi connectivity index (χ0v) is 10.7. The van der Waals surface area contributed by atoms with Crippen molar-refractivity contribution in [2.75, 3.05) is 43.1 Å². The molecule has 104 valence electrons. The summed E-state index contributed by atoms with van der Waals surface area (Å²) >= 11 is 0. The third kappa shape index (κ3) is 3.66. The van der Waals surface area contributed by atoms with Crippen molar-refractivity contribution in [3.63, 3.8) is 0 Å². The van der Waals surface area contributed by atoms with Crippen LogP contribution in [0.2, 0.25) is 0 Å². The minimum Gasteiger partial charge on any atom is -0.390 e. The number of rotatable bonds is 5. The Morgan fingerprint density at radius 3 is 2.79 bits per heavy atom. The third-order valence-corrected chi connectivity index (χ3v) is 2.98. The fourth-order valence-corrected chi connectivity index (χ4v) is 1.87. The highest BCUT2D eigenvalue weighted by Crippen LogP contribution is 2.19. The van der Waals surface area contributed by atoms with Crippen LogP contribution >= 0.6 is 0 Å². The number of anilines is 2.